The van der Waals surface area contributed by atoms with Crippen LogP contribution < -0.4 is 24.8 Å². The number of hydrogen-bond acceptors (Lipinski definition) is 20. The number of aliphatic carboxylic acids is 1. The molecule has 2 aromatic heterocycles. The molecular formula is C70H79Cl4N7O17S. The highest BCUT2D eigenvalue weighted by molar-refractivity contribution is 7.90. The summed E-state index contributed by atoms with van der Waals surface area (Å²) in [4.78, 5) is 79.5. The number of ketones is 1. The first-order valence-electron chi connectivity index (χ1n) is 31.5. The summed E-state index contributed by atoms with van der Waals surface area (Å²) in [6.45, 7) is 22.5. The minimum atomic E-state index is -3.52. The summed E-state index contributed by atoms with van der Waals surface area (Å²) in [5, 5.41) is 33.9. The average molecular weight is 1460 g/mol. The van der Waals surface area contributed by atoms with Crippen molar-refractivity contribution >= 4 is 103 Å². The van der Waals surface area contributed by atoms with Gasteiger partial charge in [0.2, 0.25) is 11.8 Å². The topological polar surface area (TPSA) is 297 Å². The Balaban J connectivity index is 0.000000187. The molecule has 3 aliphatic heterocycles. The molecule has 0 radical (unpaired) electrons. The number of rotatable bonds is 18. The zero-order chi connectivity index (χ0) is 73.0. The van der Waals surface area contributed by atoms with Gasteiger partial charge >= 0.3 is 23.9 Å². The maximum absolute atomic E-state index is 13.5. The smallest absolute Gasteiger partial charge is 0.354 e. The lowest BCUT2D eigenvalue weighted by Crippen LogP contribution is -2.48. The van der Waals surface area contributed by atoms with Gasteiger partial charge in [0.1, 0.15) is 40.7 Å². The predicted octanol–water partition coefficient (Wildman–Crippen LogP) is 13.0. The number of benzene rings is 5. The highest BCUT2D eigenvalue weighted by Crippen LogP contribution is 2.41. The number of carboxylic acids is 1. The van der Waals surface area contributed by atoms with E-state index in [1.54, 1.807) is 97.7 Å². The molecule has 5 heterocycles. The number of anilines is 1. The first-order valence-corrected chi connectivity index (χ1v) is 34.9. The lowest BCUT2D eigenvalue weighted by molar-refractivity contribution is -0.148. The quantitative estimate of drug-likeness (QED) is 0.0596. The molecular weight excluding hydrogens is 1380 g/mol. The lowest BCUT2D eigenvalue weighted by atomic mass is 9.91. The molecule has 530 valence electrons. The van der Waals surface area contributed by atoms with E-state index >= 15 is 0 Å². The van der Waals surface area contributed by atoms with Gasteiger partial charge in [-0.1, -0.05) is 83.1 Å². The van der Waals surface area contributed by atoms with Gasteiger partial charge in [-0.3, -0.25) is 14.4 Å². The van der Waals surface area contributed by atoms with Gasteiger partial charge in [0, 0.05) is 47.3 Å². The van der Waals surface area contributed by atoms with Crippen molar-refractivity contribution in [1.82, 2.24) is 19.1 Å². The van der Waals surface area contributed by atoms with Gasteiger partial charge in [0.05, 0.1) is 77.5 Å². The van der Waals surface area contributed by atoms with E-state index in [0.29, 0.717) is 111 Å². The van der Waals surface area contributed by atoms with Crippen LogP contribution in [0.5, 0.6) is 29.0 Å². The van der Waals surface area contributed by atoms with E-state index in [1.807, 2.05) is 20.8 Å². The van der Waals surface area contributed by atoms with E-state index in [1.165, 1.54) is 47.6 Å². The molecule has 29 heteroatoms. The van der Waals surface area contributed by atoms with Crippen LogP contribution in [0.4, 0.5) is 5.69 Å². The number of carbonyl (C=O) groups is 5. The van der Waals surface area contributed by atoms with Crippen LogP contribution in [-0.2, 0) is 81.0 Å². The van der Waals surface area contributed by atoms with Crippen molar-refractivity contribution in [3.8, 4) is 40.1 Å². The second-order valence-corrected chi connectivity index (χ2v) is 27.8. The first kappa shape index (κ1) is 77.6. The lowest BCUT2D eigenvalue weighted by Gasteiger charge is -2.32. The Morgan fingerprint density at radius 2 is 1.37 bits per heavy atom. The Labute approximate surface area is 593 Å². The van der Waals surface area contributed by atoms with Gasteiger partial charge in [-0.2, -0.15) is 10.2 Å². The SMILES string of the molecule is CC(Oc1ccc(Oc2ccc(Cl)cc2Cl)cc1)C(=O)O.CCOC(=O)C1=NN(c2ccc(Cl)cc2Cl)C(C)(C(=O)OCC)C1.CCc1cc(C)cc(CC)c1-c1c(OC(=O)C(C)(C)C)n2n(c1=O)CCOCC2.Cc1c(C(=O)c2cnn(C)c2O)ccc(S(C)(=O)=O)c1C1=NOCC1. The summed E-state index contributed by atoms with van der Waals surface area (Å²) in [6, 6.07) is 23.4. The number of ether oxygens (including phenoxy) is 6. The molecule has 0 spiro atoms. The average Bonchev–Trinajstić information content (AvgIpc) is 1.61. The molecule has 99 heavy (non-hydrogen) atoms. The number of carbonyl (C=O) groups excluding carboxylic acids is 4. The van der Waals surface area contributed by atoms with Crippen molar-refractivity contribution in [2.45, 2.75) is 131 Å². The van der Waals surface area contributed by atoms with Crippen molar-refractivity contribution < 1.29 is 75.9 Å². The molecule has 0 amide bonds. The molecule has 24 nitrogen and oxygen atoms in total. The minimum Gasteiger partial charge on any atom is -0.493 e. The monoisotopic (exact) mass is 1460 g/mol. The summed E-state index contributed by atoms with van der Waals surface area (Å²) in [5.74, 6) is -1.32. The Hall–Kier alpha value is -8.72. The number of oxime groups is 1. The van der Waals surface area contributed by atoms with Crippen molar-refractivity contribution in [1.29, 1.82) is 0 Å². The fourth-order valence-corrected chi connectivity index (χ4v) is 12.4. The highest BCUT2D eigenvalue weighted by Gasteiger charge is 2.50. The minimum absolute atomic E-state index is 0.0493. The van der Waals surface area contributed by atoms with E-state index in [4.69, 9.17) is 84.8 Å². The number of aryl methyl sites for hydroxylation is 4. The van der Waals surface area contributed by atoms with Crippen molar-refractivity contribution in [2.75, 3.05) is 44.3 Å². The van der Waals surface area contributed by atoms with E-state index in [2.05, 4.69) is 48.3 Å². The number of nitrogens with zero attached hydrogens (tertiary/aromatic N) is 7. The summed E-state index contributed by atoms with van der Waals surface area (Å²) in [5.41, 5.74) is 5.05. The standard InChI is InChI=1S/C23H32N2O4.C16H18Cl2N2O4.C16H17N3O5S.C15H12Cl2O4/c1-7-16-13-15(3)14-17(8-2)18(16)19-20(26)24-9-11-28-12-10-25(24)21(19)29-22(27)23(4,5)6;1-4-23-14(21)12-9-16(3,15(22)24-5-2)20(19-12)13-7-6-10(17)8-11(13)18;1-9-10(15(20)11-8-17-19(2)16(11)21)4-5-13(25(3,22)23)14(9)12-6-7-24-18-12;1-9(15(18)19)20-11-3-5-12(6-4-11)21-14-7-2-10(16)8-13(14)17/h13-14H,7-12H2,1-6H3;6-8H,4-5,9H2,1-3H3;4-5,8,21H,6-7H2,1-3H3;2-9H,1H3,(H,18,19). The number of fused-ring (bicyclic) bond motifs is 1. The fourth-order valence-electron chi connectivity index (χ4n) is 10.6. The molecule has 2 N–H and O–H groups in total. The summed E-state index contributed by atoms with van der Waals surface area (Å²) >= 11 is 24.0. The molecule has 2 unspecified atom stereocenters. The van der Waals surface area contributed by atoms with Crippen molar-refractivity contribution in [2.24, 2.45) is 22.7 Å². The zero-order valence-electron chi connectivity index (χ0n) is 57.1. The molecule has 3 aliphatic rings. The number of aromatic nitrogens is 4. The van der Waals surface area contributed by atoms with Gasteiger partial charge in [-0.15, -0.1) is 0 Å². The second-order valence-electron chi connectivity index (χ2n) is 24.1. The number of sulfone groups is 1. The van der Waals surface area contributed by atoms with Crippen LogP contribution in [0, 0.1) is 19.3 Å². The number of hydrazone groups is 1. The zero-order valence-corrected chi connectivity index (χ0v) is 60.9. The number of hydrogen-bond donors (Lipinski definition) is 2. The van der Waals surface area contributed by atoms with E-state index in [0.717, 1.165) is 35.8 Å². The summed E-state index contributed by atoms with van der Waals surface area (Å²) in [6.07, 6.45) is 3.58. The molecule has 0 bridgehead atoms. The van der Waals surface area contributed by atoms with Crippen LogP contribution in [0.1, 0.15) is 119 Å². The van der Waals surface area contributed by atoms with Gasteiger partial charge in [0.25, 0.3) is 5.56 Å². The van der Waals surface area contributed by atoms with Crippen molar-refractivity contribution in [3.05, 3.63) is 161 Å². The number of halogens is 4. The van der Waals surface area contributed by atoms with E-state index in [-0.39, 0.29) is 58.8 Å². The largest absolute Gasteiger partial charge is 0.493 e. The molecule has 7 aromatic rings. The van der Waals surface area contributed by atoms with Gasteiger partial charge in [0.15, 0.2) is 27.3 Å². The maximum Gasteiger partial charge on any atom is 0.354 e. The Kier molecular flexibility index (Phi) is 26.2. The summed E-state index contributed by atoms with van der Waals surface area (Å²) < 4.78 is 61.3. The molecule has 0 saturated carbocycles. The Morgan fingerprint density at radius 1 is 0.768 bits per heavy atom. The summed E-state index contributed by atoms with van der Waals surface area (Å²) in [7, 11) is -2.00. The molecule has 5 aromatic carbocycles. The third-order valence-corrected chi connectivity index (χ3v) is 17.8. The fraction of sp³-hybridized carbons (Fsp3) is 0.386. The number of esters is 3. The molecule has 10 rings (SSSR count). The van der Waals surface area contributed by atoms with Crippen molar-refractivity contribution in [3.63, 3.8) is 0 Å². The van der Waals surface area contributed by atoms with Crippen LogP contribution >= 0.6 is 46.4 Å². The van der Waals surface area contributed by atoms with Crippen LogP contribution in [0.3, 0.4) is 0 Å². The normalized spacial score (nSPS) is 15.1. The third-order valence-electron chi connectivity index (χ3n) is 15.6. The van der Waals surface area contributed by atoms with Crippen LogP contribution in [0.15, 0.2) is 111 Å². The molecule has 0 saturated heterocycles. The highest BCUT2D eigenvalue weighted by atomic mass is 35.5. The second kappa shape index (κ2) is 33.4. The van der Waals surface area contributed by atoms with Gasteiger partial charge in [-0.25, -0.2) is 41.9 Å². The number of aromatic hydroxyl groups is 1. The molecule has 0 aliphatic carbocycles. The van der Waals surface area contributed by atoms with Crippen LogP contribution in [0.25, 0.3) is 11.1 Å². The van der Waals surface area contributed by atoms with E-state index < -0.39 is 50.6 Å². The molecule has 0 fully saturated rings. The predicted molar refractivity (Wildman–Crippen MR) is 377 cm³/mol. The van der Waals surface area contributed by atoms with Gasteiger partial charge < -0.3 is 43.5 Å². The van der Waals surface area contributed by atoms with Gasteiger partial charge in [-0.05, 0) is 170 Å². The maximum atomic E-state index is 13.5. The molecule has 2 atom stereocenters. The van der Waals surface area contributed by atoms with E-state index in [9.17, 15) is 42.3 Å². The first-order chi connectivity index (χ1) is 46.7. The number of carboxylic acid groups (broad SMARTS) is 1. The third kappa shape index (κ3) is 18.6. The Bertz CT molecular complexity index is 4400. The van der Waals surface area contributed by atoms with Crippen LogP contribution in [-0.4, -0.2) is 130 Å². The van der Waals surface area contributed by atoms with Crippen LogP contribution in [0.2, 0.25) is 20.1 Å². The Morgan fingerprint density at radius 3 is 1.91 bits per heavy atom.